The number of benzene rings is 1. The third kappa shape index (κ3) is 7.16. The van der Waals surface area contributed by atoms with Crippen molar-refractivity contribution < 1.29 is 18.7 Å². The van der Waals surface area contributed by atoms with Crippen LogP contribution >= 0.6 is 0 Å². The summed E-state index contributed by atoms with van der Waals surface area (Å²) in [4.78, 5) is 35.9. The molecule has 2 saturated carbocycles. The zero-order valence-electron chi connectivity index (χ0n) is 22.6. The minimum atomic E-state index is -0.599. The van der Waals surface area contributed by atoms with Crippen molar-refractivity contribution in [1.29, 1.82) is 0 Å². The third-order valence-corrected chi connectivity index (χ3v) is 6.87. The number of hydrogen-bond donors (Lipinski definition) is 3. The van der Waals surface area contributed by atoms with E-state index in [-0.39, 0.29) is 23.7 Å². The number of hydrogen-bond acceptors (Lipinski definition) is 7. The topological polar surface area (TPSA) is 108 Å². The van der Waals surface area contributed by atoms with Gasteiger partial charge in [0.1, 0.15) is 23.3 Å². The number of nitrogens with zero attached hydrogens (tertiary/aromatic N) is 3. The zero-order valence-corrected chi connectivity index (χ0v) is 22.6. The summed E-state index contributed by atoms with van der Waals surface area (Å²) in [5.41, 5.74) is 0.677. The Labute approximate surface area is 228 Å². The normalized spacial score (nSPS) is 22.3. The Balaban J connectivity index is 1.16. The average Bonchev–Trinajstić information content (AvgIpc) is 3.51. The molecule has 0 bridgehead atoms. The number of amides is 2. The number of nitrogens with one attached hydrogen (secondary N) is 3. The Morgan fingerprint density at radius 1 is 1.15 bits per heavy atom. The molecule has 5 rings (SSSR count). The lowest BCUT2D eigenvalue weighted by atomic mass is 9.80. The SMILES string of the molecule is CC(C)(C)OC(=O)N1CCC[C@H]1C(=O)NC1CC(C#Cc2cnc(Nc3cccc(F)c3)nc2NC2CC2)C1. The van der Waals surface area contributed by atoms with Crippen LogP contribution in [-0.4, -0.2) is 57.1 Å². The molecule has 3 fully saturated rings. The van der Waals surface area contributed by atoms with E-state index in [0.29, 0.717) is 42.0 Å². The highest BCUT2D eigenvalue weighted by Gasteiger charge is 2.39. The standard InChI is InChI=1S/C29H35FN6O3/c1-29(2,3)39-28(38)36-13-5-8-24(36)26(37)33-23-14-18(15-23)9-10-19-17-31-27(35-25(19)32-21-11-12-21)34-22-7-4-6-20(30)16-22/h4,6-7,16-18,21,23-24H,5,8,11-15H2,1-3H3,(H,33,37)(H2,31,32,34,35)/t18?,23?,24-/m0/s1. The molecule has 2 amide bonds. The van der Waals surface area contributed by atoms with Gasteiger partial charge in [-0.25, -0.2) is 14.2 Å². The summed E-state index contributed by atoms with van der Waals surface area (Å²) < 4.78 is 19.0. The maximum absolute atomic E-state index is 13.5. The first-order valence-electron chi connectivity index (χ1n) is 13.6. The van der Waals surface area contributed by atoms with E-state index >= 15 is 0 Å². The second-order valence-corrected chi connectivity index (χ2v) is 11.5. The zero-order chi connectivity index (χ0) is 27.6. The predicted octanol–water partition coefficient (Wildman–Crippen LogP) is 4.58. The van der Waals surface area contributed by atoms with Crippen molar-refractivity contribution in [2.45, 2.75) is 83.0 Å². The summed E-state index contributed by atoms with van der Waals surface area (Å²) in [6.07, 6.45) is 6.34. The summed E-state index contributed by atoms with van der Waals surface area (Å²) in [5.74, 6) is 7.23. The van der Waals surface area contributed by atoms with Crippen LogP contribution in [0.5, 0.6) is 0 Å². The number of halogens is 1. The van der Waals surface area contributed by atoms with Crippen molar-refractivity contribution in [3.05, 3.63) is 41.8 Å². The molecule has 3 N–H and O–H groups in total. The van der Waals surface area contributed by atoms with Gasteiger partial charge in [-0.3, -0.25) is 9.69 Å². The van der Waals surface area contributed by atoms with Gasteiger partial charge in [-0.05, 0) is 77.5 Å². The molecule has 2 aliphatic carbocycles. The first kappa shape index (κ1) is 26.7. The Kier molecular flexibility index (Phi) is 7.60. The molecule has 2 aromatic rings. The highest BCUT2D eigenvalue weighted by molar-refractivity contribution is 5.86. The van der Waals surface area contributed by atoms with Gasteiger partial charge in [0.2, 0.25) is 11.9 Å². The second kappa shape index (κ2) is 11.1. The molecular weight excluding hydrogens is 499 g/mol. The Morgan fingerprint density at radius 2 is 1.95 bits per heavy atom. The van der Waals surface area contributed by atoms with Gasteiger partial charge in [-0.2, -0.15) is 4.98 Å². The van der Waals surface area contributed by atoms with Crippen LogP contribution in [0.2, 0.25) is 0 Å². The highest BCUT2D eigenvalue weighted by atomic mass is 19.1. The van der Waals surface area contributed by atoms with Gasteiger partial charge in [-0.1, -0.05) is 17.9 Å². The van der Waals surface area contributed by atoms with Crippen LogP contribution in [-0.2, 0) is 9.53 Å². The second-order valence-electron chi connectivity index (χ2n) is 11.5. The molecule has 10 heteroatoms. The molecule has 2 heterocycles. The fourth-order valence-corrected chi connectivity index (χ4v) is 4.67. The number of rotatable bonds is 6. The van der Waals surface area contributed by atoms with Gasteiger partial charge in [0.05, 0.1) is 11.8 Å². The number of aromatic nitrogens is 2. The summed E-state index contributed by atoms with van der Waals surface area (Å²) in [6.45, 7) is 5.99. The fraction of sp³-hybridized carbons (Fsp3) is 0.517. The van der Waals surface area contributed by atoms with E-state index in [1.807, 2.05) is 20.8 Å². The monoisotopic (exact) mass is 534 g/mol. The van der Waals surface area contributed by atoms with Crippen LogP contribution in [0.4, 0.5) is 26.6 Å². The van der Waals surface area contributed by atoms with Crippen molar-refractivity contribution >= 4 is 29.5 Å². The molecule has 0 spiro atoms. The molecule has 1 aromatic heterocycles. The molecule has 3 aliphatic rings. The van der Waals surface area contributed by atoms with Gasteiger partial charge < -0.3 is 20.7 Å². The first-order chi connectivity index (χ1) is 18.6. The van der Waals surface area contributed by atoms with E-state index in [9.17, 15) is 14.0 Å². The molecule has 1 aromatic carbocycles. The minimum Gasteiger partial charge on any atom is -0.444 e. The van der Waals surface area contributed by atoms with Gasteiger partial charge >= 0.3 is 6.09 Å². The fourth-order valence-electron chi connectivity index (χ4n) is 4.67. The van der Waals surface area contributed by atoms with E-state index in [1.165, 1.54) is 17.0 Å². The highest BCUT2D eigenvalue weighted by Crippen LogP contribution is 2.30. The Bertz CT molecular complexity index is 1290. The van der Waals surface area contributed by atoms with Crippen LogP contribution in [0, 0.1) is 23.6 Å². The molecule has 206 valence electrons. The number of carbonyl (C=O) groups excluding carboxylic acids is 2. The molecule has 39 heavy (non-hydrogen) atoms. The maximum Gasteiger partial charge on any atom is 0.410 e. The van der Waals surface area contributed by atoms with Crippen molar-refractivity contribution in [3.63, 3.8) is 0 Å². The quantitative estimate of drug-likeness (QED) is 0.466. The Morgan fingerprint density at radius 3 is 2.67 bits per heavy atom. The van der Waals surface area contributed by atoms with E-state index in [4.69, 9.17) is 4.74 Å². The van der Waals surface area contributed by atoms with Crippen molar-refractivity contribution in [3.8, 4) is 11.8 Å². The van der Waals surface area contributed by atoms with Crippen LogP contribution in [0.25, 0.3) is 0 Å². The van der Waals surface area contributed by atoms with Crippen molar-refractivity contribution in [2.24, 2.45) is 5.92 Å². The van der Waals surface area contributed by atoms with E-state index in [1.54, 1.807) is 18.3 Å². The van der Waals surface area contributed by atoms with Crippen LogP contribution < -0.4 is 16.0 Å². The number of carbonyl (C=O) groups is 2. The van der Waals surface area contributed by atoms with Crippen LogP contribution in [0.3, 0.4) is 0 Å². The van der Waals surface area contributed by atoms with Gasteiger partial charge in [-0.15, -0.1) is 0 Å². The van der Waals surface area contributed by atoms with Gasteiger partial charge in [0, 0.05) is 30.2 Å². The van der Waals surface area contributed by atoms with E-state index in [2.05, 4.69) is 37.8 Å². The van der Waals surface area contributed by atoms with Gasteiger partial charge in [0.25, 0.3) is 0 Å². The minimum absolute atomic E-state index is 0.0380. The number of ether oxygens (including phenoxy) is 1. The lowest BCUT2D eigenvalue weighted by molar-refractivity contribution is -0.126. The molecule has 1 aliphatic heterocycles. The smallest absolute Gasteiger partial charge is 0.410 e. The lowest BCUT2D eigenvalue weighted by Gasteiger charge is -2.34. The molecular formula is C29H35FN6O3. The van der Waals surface area contributed by atoms with Crippen molar-refractivity contribution in [1.82, 2.24) is 20.2 Å². The summed E-state index contributed by atoms with van der Waals surface area (Å²) in [5, 5.41) is 9.53. The van der Waals surface area contributed by atoms with E-state index < -0.39 is 17.7 Å². The van der Waals surface area contributed by atoms with Crippen LogP contribution in [0.15, 0.2) is 30.5 Å². The lowest BCUT2D eigenvalue weighted by Crippen LogP contribution is -2.52. The molecule has 1 atom stereocenters. The summed E-state index contributed by atoms with van der Waals surface area (Å²) >= 11 is 0. The maximum atomic E-state index is 13.5. The summed E-state index contributed by atoms with van der Waals surface area (Å²) in [6, 6.07) is 6.07. The first-order valence-corrected chi connectivity index (χ1v) is 13.6. The predicted molar refractivity (Wildman–Crippen MR) is 146 cm³/mol. The molecule has 9 nitrogen and oxygen atoms in total. The number of anilines is 3. The van der Waals surface area contributed by atoms with Gasteiger partial charge in [0.15, 0.2) is 0 Å². The number of likely N-dealkylation sites (tertiary alicyclic amines) is 1. The molecule has 0 radical (unpaired) electrons. The van der Waals surface area contributed by atoms with E-state index in [0.717, 1.165) is 32.1 Å². The molecule has 0 unspecified atom stereocenters. The third-order valence-electron chi connectivity index (χ3n) is 6.87. The summed E-state index contributed by atoms with van der Waals surface area (Å²) in [7, 11) is 0. The average molecular weight is 535 g/mol. The van der Waals surface area contributed by atoms with Crippen LogP contribution in [0.1, 0.15) is 64.9 Å². The Hall–Kier alpha value is -3.87. The molecule has 1 saturated heterocycles. The largest absolute Gasteiger partial charge is 0.444 e. The van der Waals surface area contributed by atoms with Crippen molar-refractivity contribution in [2.75, 3.05) is 17.2 Å².